The van der Waals surface area contributed by atoms with Gasteiger partial charge < -0.3 is 16.8 Å². The summed E-state index contributed by atoms with van der Waals surface area (Å²) >= 11 is 0. The Bertz CT molecular complexity index is 497. The molecule has 0 bridgehead atoms. The Morgan fingerprint density at radius 3 is 1.08 bits per heavy atom. The van der Waals surface area contributed by atoms with Gasteiger partial charge in [0.25, 0.3) is 0 Å². The molecular weight excluding hydrogens is 474 g/mol. The van der Waals surface area contributed by atoms with E-state index >= 15 is 0 Å². The SMILES string of the molecule is CCCCC(CC)CC(N)(CC(CC)CCCC)C(CC(CC)CCCC)(CC(CC)CCCC)NCCN. The van der Waals surface area contributed by atoms with Crippen LogP contribution in [0.3, 0.4) is 0 Å². The molecular formula is C36H77N3. The van der Waals surface area contributed by atoms with Gasteiger partial charge in [0.2, 0.25) is 0 Å². The molecule has 0 aliphatic carbocycles. The van der Waals surface area contributed by atoms with Gasteiger partial charge in [-0.15, -0.1) is 0 Å². The summed E-state index contributed by atoms with van der Waals surface area (Å²) in [7, 11) is 0. The molecule has 4 unspecified atom stereocenters. The Morgan fingerprint density at radius 2 is 0.821 bits per heavy atom. The van der Waals surface area contributed by atoms with E-state index in [0.717, 1.165) is 31.2 Å². The molecule has 0 aromatic carbocycles. The molecule has 3 nitrogen and oxygen atoms in total. The lowest BCUT2D eigenvalue weighted by Gasteiger charge is -2.55. The minimum Gasteiger partial charge on any atom is -0.329 e. The van der Waals surface area contributed by atoms with Gasteiger partial charge in [-0.1, -0.05) is 158 Å². The molecule has 0 aliphatic heterocycles. The summed E-state index contributed by atoms with van der Waals surface area (Å²) in [5.74, 6) is 2.88. The van der Waals surface area contributed by atoms with E-state index in [9.17, 15) is 0 Å². The maximum Gasteiger partial charge on any atom is 0.0367 e. The van der Waals surface area contributed by atoms with Crippen molar-refractivity contribution < 1.29 is 0 Å². The first-order valence-electron chi connectivity index (χ1n) is 18.0. The van der Waals surface area contributed by atoms with Gasteiger partial charge in [0.1, 0.15) is 0 Å². The van der Waals surface area contributed by atoms with Crippen LogP contribution in [-0.2, 0) is 0 Å². The highest BCUT2D eigenvalue weighted by Crippen LogP contribution is 2.45. The van der Waals surface area contributed by atoms with Crippen molar-refractivity contribution in [3.8, 4) is 0 Å². The second kappa shape index (κ2) is 23.4. The van der Waals surface area contributed by atoms with Gasteiger partial charge in [-0.05, 0) is 49.4 Å². The summed E-state index contributed by atoms with van der Waals surface area (Å²) in [6.45, 7) is 20.6. The van der Waals surface area contributed by atoms with E-state index in [-0.39, 0.29) is 11.1 Å². The highest BCUT2D eigenvalue weighted by molar-refractivity contribution is 5.12. The summed E-state index contributed by atoms with van der Waals surface area (Å²) in [4.78, 5) is 0. The molecule has 0 fully saturated rings. The van der Waals surface area contributed by atoms with Crippen molar-refractivity contribution >= 4 is 0 Å². The van der Waals surface area contributed by atoms with Crippen LogP contribution in [0.5, 0.6) is 0 Å². The van der Waals surface area contributed by atoms with E-state index in [1.807, 2.05) is 0 Å². The van der Waals surface area contributed by atoms with Gasteiger partial charge in [0, 0.05) is 24.2 Å². The molecule has 0 radical (unpaired) electrons. The first kappa shape index (κ1) is 38.9. The average Bonchev–Trinajstić information content (AvgIpc) is 2.95. The fraction of sp³-hybridized carbons (Fsp3) is 1.00. The number of nitrogens with one attached hydrogen (secondary N) is 1. The van der Waals surface area contributed by atoms with Crippen molar-refractivity contribution in [2.75, 3.05) is 13.1 Å². The van der Waals surface area contributed by atoms with Crippen molar-refractivity contribution in [2.45, 2.75) is 195 Å². The van der Waals surface area contributed by atoms with E-state index in [1.54, 1.807) is 0 Å². The standard InChI is InChI=1S/C36H77N3/c1-9-17-21-31(13-5)27-35(38,28-32(14-6)22-18-10-2)36(39-26-25-37,29-33(15-7)23-19-11-3)30-34(16-8)24-20-12-4/h31-34,39H,9-30,37-38H2,1-8H3. The van der Waals surface area contributed by atoms with Crippen LogP contribution in [0.15, 0.2) is 0 Å². The van der Waals surface area contributed by atoms with Gasteiger partial charge in [-0.3, -0.25) is 0 Å². The highest BCUT2D eigenvalue weighted by atomic mass is 15.1. The number of rotatable bonds is 28. The van der Waals surface area contributed by atoms with Crippen molar-refractivity contribution in [1.82, 2.24) is 5.32 Å². The summed E-state index contributed by atoms with van der Waals surface area (Å²) < 4.78 is 0. The predicted molar refractivity (Wildman–Crippen MR) is 178 cm³/mol. The number of hydrogen-bond acceptors (Lipinski definition) is 3. The lowest BCUT2D eigenvalue weighted by molar-refractivity contribution is 0.0505. The average molecular weight is 552 g/mol. The third-order valence-electron chi connectivity index (χ3n) is 10.3. The fourth-order valence-corrected chi connectivity index (χ4v) is 7.38. The fourth-order valence-electron chi connectivity index (χ4n) is 7.38. The molecule has 4 atom stereocenters. The van der Waals surface area contributed by atoms with E-state index in [0.29, 0.717) is 18.4 Å². The van der Waals surface area contributed by atoms with E-state index in [4.69, 9.17) is 11.5 Å². The monoisotopic (exact) mass is 552 g/mol. The van der Waals surface area contributed by atoms with Crippen LogP contribution in [0.2, 0.25) is 0 Å². The maximum atomic E-state index is 8.07. The first-order chi connectivity index (χ1) is 18.8. The van der Waals surface area contributed by atoms with Crippen LogP contribution >= 0.6 is 0 Å². The zero-order chi connectivity index (χ0) is 29.6. The lowest BCUT2D eigenvalue weighted by Crippen LogP contribution is -2.70. The van der Waals surface area contributed by atoms with Gasteiger partial charge in [0.05, 0.1) is 0 Å². The third-order valence-corrected chi connectivity index (χ3v) is 10.3. The Labute approximate surface area is 248 Å². The zero-order valence-electron chi connectivity index (χ0n) is 28.5. The molecule has 0 spiro atoms. The van der Waals surface area contributed by atoms with Crippen LogP contribution in [0.1, 0.15) is 184 Å². The third kappa shape index (κ3) is 14.6. The molecule has 0 aromatic heterocycles. The summed E-state index contributed by atoms with van der Waals surface area (Å²) in [5.41, 5.74) is 14.1. The van der Waals surface area contributed by atoms with Gasteiger partial charge in [0.15, 0.2) is 0 Å². The molecule has 0 aromatic rings. The smallest absolute Gasteiger partial charge is 0.0367 e. The summed E-state index contributed by atoms with van der Waals surface area (Å²) in [6, 6.07) is 0. The van der Waals surface area contributed by atoms with Gasteiger partial charge >= 0.3 is 0 Å². The van der Waals surface area contributed by atoms with Crippen molar-refractivity contribution in [3.05, 3.63) is 0 Å². The molecule has 0 heterocycles. The first-order valence-corrected chi connectivity index (χ1v) is 18.0. The quantitative estimate of drug-likeness (QED) is 0.0906. The van der Waals surface area contributed by atoms with Crippen LogP contribution in [-0.4, -0.2) is 24.2 Å². The molecule has 0 saturated heterocycles. The minimum atomic E-state index is -0.204. The Kier molecular flexibility index (Phi) is 23.4. The zero-order valence-corrected chi connectivity index (χ0v) is 28.5. The van der Waals surface area contributed by atoms with Crippen LogP contribution < -0.4 is 16.8 Å². The summed E-state index contributed by atoms with van der Waals surface area (Å²) in [5, 5.41) is 4.23. The minimum absolute atomic E-state index is 0.0471. The van der Waals surface area contributed by atoms with Crippen LogP contribution in [0.4, 0.5) is 0 Å². The van der Waals surface area contributed by atoms with Crippen LogP contribution in [0, 0.1) is 23.7 Å². The van der Waals surface area contributed by atoms with Crippen LogP contribution in [0.25, 0.3) is 0 Å². The molecule has 5 N–H and O–H groups in total. The topological polar surface area (TPSA) is 64.1 Å². The van der Waals surface area contributed by atoms with Crippen molar-refractivity contribution in [3.63, 3.8) is 0 Å². The van der Waals surface area contributed by atoms with Gasteiger partial charge in [-0.2, -0.15) is 0 Å². The van der Waals surface area contributed by atoms with Crippen molar-refractivity contribution in [2.24, 2.45) is 35.1 Å². The molecule has 236 valence electrons. The van der Waals surface area contributed by atoms with E-state index in [2.05, 4.69) is 60.7 Å². The Hall–Kier alpha value is -0.120. The highest BCUT2D eigenvalue weighted by Gasteiger charge is 2.51. The molecule has 39 heavy (non-hydrogen) atoms. The number of nitrogens with two attached hydrogens (primary N) is 2. The largest absolute Gasteiger partial charge is 0.329 e. The number of unbranched alkanes of at least 4 members (excludes halogenated alkanes) is 4. The Balaban J connectivity index is 6.91. The molecule has 0 saturated carbocycles. The lowest BCUT2D eigenvalue weighted by atomic mass is 9.59. The Morgan fingerprint density at radius 1 is 0.513 bits per heavy atom. The second-order valence-corrected chi connectivity index (χ2v) is 13.4. The van der Waals surface area contributed by atoms with Gasteiger partial charge in [-0.25, -0.2) is 0 Å². The summed E-state index contributed by atoms with van der Waals surface area (Å²) in [6.07, 6.45) is 25.5. The second-order valence-electron chi connectivity index (χ2n) is 13.4. The normalized spacial score (nSPS) is 18.3. The molecule has 3 heteroatoms. The van der Waals surface area contributed by atoms with Crippen molar-refractivity contribution in [1.29, 1.82) is 0 Å². The number of hydrogen-bond donors (Lipinski definition) is 3. The van der Waals surface area contributed by atoms with E-state index in [1.165, 1.54) is 116 Å². The molecule has 0 amide bonds. The van der Waals surface area contributed by atoms with E-state index < -0.39 is 0 Å². The molecule has 0 rings (SSSR count). The molecule has 0 aliphatic rings. The predicted octanol–water partition coefficient (Wildman–Crippen LogP) is 10.4. The maximum absolute atomic E-state index is 8.07.